The number of thiophene rings is 1. The van der Waals surface area contributed by atoms with Crippen molar-refractivity contribution in [1.29, 1.82) is 0 Å². The fourth-order valence-corrected chi connectivity index (χ4v) is 2.83. The molecule has 2 atom stereocenters. The van der Waals surface area contributed by atoms with Crippen LogP contribution in [0.25, 0.3) is 0 Å². The van der Waals surface area contributed by atoms with Gasteiger partial charge in [-0.1, -0.05) is 0 Å². The Bertz CT molecular complexity index is 404. The number of carbonyl (C=O) groups excluding carboxylic acids is 1. The first kappa shape index (κ1) is 14.3. The molecule has 96 valence electrons. The zero-order valence-electron chi connectivity index (χ0n) is 10.1. The average molecular weight is 274 g/mol. The van der Waals surface area contributed by atoms with Crippen LogP contribution in [0.3, 0.4) is 0 Å². The molecule has 0 saturated heterocycles. The first-order valence-electron chi connectivity index (χ1n) is 5.39. The van der Waals surface area contributed by atoms with Gasteiger partial charge < -0.3 is 11.1 Å². The van der Waals surface area contributed by atoms with E-state index in [0.29, 0.717) is 17.4 Å². The molecule has 6 heteroatoms. The van der Waals surface area contributed by atoms with Crippen molar-refractivity contribution in [2.24, 2.45) is 5.73 Å². The maximum atomic E-state index is 10.9. The molecule has 1 aromatic rings. The van der Waals surface area contributed by atoms with Gasteiger partial charge in [0, 0.05) is 45.7 Å². The molecule has 3 N–H and O–H groups in total. The molecule has 0 aliphatic rings. The van der Waals surface area contributed by atoms with Crippen LogP contribution >= 0.6 is 11.3 Å². The van der Waals surface area contributed by atoms with E-state index in [2.05, 4.69) is 12.2 Å². The quantitative estimate of drug-likeness (QED) is 0.782. The second-order valence-corrected chi connectivity index (χ2v) is 6.56. The van der Waals surface area contributed by atoms with Gasteiger partial charge in [0.15, 0.2) is 0 Å². The van der Waals surface area contributed by atoms with Crippen LogP contribution in [-0.2, 0) is 17.3 Å². The van der Waals surface area contributed by atoms with Crippen LogP contribution in [-0.4, -0.2) is 28.2 Å². The standard InChI is InChI=1S/C11H18N2O2S2/c1-8(3-4-17(2)15)13-6-10-5-9(7-16-10)11(12)14/h5,7-8,13H,3-4,6H2,1-2H3,(H2,12,14). The predicted octanol–water partition coefficient (Wildman–Crippen LogP) is 1.09. The van der Waals surface area contributed by atoms with Gasteiger partial charge in [0.25, 0.3) is 0 Å². The number of rotatable bonds is 7. The smallest absolute Gasteiger partial charge is 0.249 e. The third-order valence-electron chi connectivity index (χ3n) is 2.40. The highest BCUT2D eigenvalue weighted by atomic mass is 32.2. The van der Waals surface area contributed by atoms with Crippen molar-refractivity contribution in [2.45, 2.75) is 25.9 Å². The van der Waals surface area contributed by atoms with Crippen molar-refractivity contribution in [2.75, 3.05) is 12.0 Å². The van der Waals surface area contributed by atoms with Gasteiger partial charge in [0.2, 0.25) is 5.91 Å². The number of carbonyl (C=O) groups is 1. The maximum Gasteiger partial charge on any atom is 0.249 e. The molecule has 0 aliphatic carbocycles. The maximum absolute atomic E-state index is 10.9. The minimum Gasteiger partial charge on any atom is -0.366 e. The molecule has 0 fully saturated rings. The highest BCUT2D eigenvalue weighted by Crippen LogP contribution is 2.14. The second-order valence-electron chi connectivity index (χ2n) is 4.01. The van der Waals surface area contributed by atoms with Gasteiger partial charge in [-0.15, -0.1) is 11.3 Å². The zero-order chi connectivity index (χ0) is 12.8. The third-order valence-corrected chi connectivity index (χ3v) is 4.15. The molecule has 0 spiro atoms. The van der Waals surface area contributed by atoms with E-state index in [1.165, 1.54) is 11.3 Å². The highest BCUT2D eigenvalue weighted by Gasteiger charge is 2.06. The Morgan fingerprint density at radius 2 is 2.35 bits per heavy atom. The van der Waals surface area contributed by atoms with Crippen molar-refractivity contribution >= 4 is 28.0 Å². The first-order valence-corrected chi connectivity index (χ1v) is 8.00. The Labute approximate surface area is 108 Å². The van der Waals surface area contributed by atoms with Gasteiger partial charge in [-0.05, 0) is 19.4 Å². The number of nitrogens with two attached hydrogens (primary N) is 1. The molecule has 0 aliphatic heterocycles. The molecule has 1 rings (SSSR count). The first-order chi connectivity index (χ1) is 7.99. The van der Waals surface area contributed by atoms with E-state index >= 15 is 0 Å². The Hall–Kier alpha value is -0.720. The summed E-state index contributed by atoms with van der Waals surface area (Å²) in [5.74, 6) is 0.326. The lowest BCUT2D eigenvalue weighted by Gasteiger charge is -2.11. The lowest BCUT2D eigenvalue weighted by Crippen LogP contribution is -2.26. The lowest BCUT2D eigenvalue weighted by atomic mass is 10.2. The summed E-state index contributed by atoms with van der Waals surface area (Å²) in [4.78, 5) is 12.0. The van der Waals surface area contributed by atoms with Gasteiger partial charge in [-0.3, -0.25) is 9.00 Å². The number of hydrogen-bond acceptors (Lipinski definition) is 4. The zero-order valence-corrected chi connectivity index (χ0v) is 11.7. The van der Waals surface area contributed by atoms with Gasteiger partial charge in [0.05, 0.1) is 5.56 Å². The fraction of sp³-hybridized carbons (Fsp3) is 0.545. The van der Waals surface area contributed by atoms with Gasteiger partial charge in [-0.2, -0.15) is 0 Å². The molecule has 1 heterocycles. The SMILES string of the molecule is CC(CCS(C)=O)NCc1cc(C(N)=O)cs1. The summed E-state index contributed by atoms with van der Waals surface area (Å²) >= 11 is 1.52. The van der Waals surface area contributed by atoms with Crippen LogP contribution in [0.15, 0.2) is 11.4 Å². The Balaban J connectivity index is 2.34. The van der Waals surface area contributed by atoms with Crippen LogP contribution in [0.2, 0.25) is 0 Å². The van der Waals surface area contributed by atoms with Crippen molar-refractivity contribution in [1.82, 2.24) is 5.32 Å². The second kappa shape index (κ2) is 6.88. The van der Waals surface area contributed by atoms with Crippen molar-refractivity contribution in [3.8, 4) is 0 Å². The molecular formula is C11H18N2O2S2. The van der Waals surface area contributed by atoms with Gasteiger partial charge >= 0.3 is 0 Å². The van der Waals surface area contributed by atoms with E-state index in [-0.39, 0.29) is 5.91 Å². The van der Waals surface area contributed by atoms with Crippen molar-refractivity contribution < 1.29 is 9.00 Å². The summed E-state index contributed by atoms with van der Waals surface area (Å²) in [6.07, 6.45) is 2.60. The summed E-state index contributed by atoms with van der Waals surface area (Å²) in [5.41, 5.74) is 5.74. The molecule has 0 radical (unpaired) electrons. The monoisotopic (exact) mass is 274 g/mol. The van der Waals surface area contributed by atoms with E-state index in [1.54, 1.807) is 11.6 Å². The minimum absolute atomic E-state index is 0.318. The highest BCUT2D eigenvalue weighted by molar-refractivity contribution is 7.84. The van der Waals surface area contributed by atoms with E-state index in [9.17, 15) is 9.00 Å². The van der Waals surface area contributed by atoms with E-state index in [0.717, 1.165) is 17.8 Å². The molecule has 2 unspecified atom stereocenters. The summed E-state index contributed by atoms with van der Waals surface area (Å²) in [6.45, 7) is 2.78. The summed E-state index contributed by atoms with van der Waals surface area (Å²) in [6, 6.07) is 2.13. The van der Waals surface area contributed by atoms with E-state index in [1.807, 2.05) is 6.07 Å². The minimum atomic E-state index is -0.735. The van der Waals surface area contributed by atoms with Gasteiger partial charge in [-0.25, -0.2) is 0 Å². The van der Waals surface area contributed by atoms with Crippen LogP contribution in [0.5, 0.6) is 0 Å². The predicted molar refractivity (Wildman–Crippen MR) is 72.7 cm³/mol. The Morgan fingerprint density at radius 3 is 2.88 bits per heavy atom. The van der Waals surface area contributed by atoms with Crippen LogP contribution in [0.1, 0.15) is 28.6 Å². The topological polar surface area (TPSA) is 72.2 Å². The van der Waals surface area contributed by atoms with Gasteiger partial charge in [0.1, 0.15) is 0 Å². The summed E-state index contributed by atoms with van der Waals surface area (Å²) in [7, 11) is -0.735. The number of nitrogens with one attached hydrogen (secondary N) is 1. The molecule has 0 saturated carbocycles. The molecule has 4 nitrogen and oxygen atoms in total. The molecule has 0 bridgehead atoms. The molecule has 17 heavy (non-hydrogen) atoms. The summed E-state index contributed by atoms with van der Waals surface area (Å²) < 4.78 is 10.9. The third kappa shape index (κ3) is 5.43. The fourth-order valence-electron chi connectivity index (χ4n) is 1.32. The van der Waals surface area contributed by atoms with E-state index < -0.39 is 10.8 Å². The lowest BCUT2D eigenvalue weighted by molar-refractivity contribution is 0.100. The average Bonchev–Trinajstić information content (AvgIpc) is 2.72. The molecule has 1 aromatic heterocycles. The Morgan fingerprint density at radius 1 is 1.65 bits per heavy atom. The van der Waals surface area contributed by atoms with Crippen LogP contribution in [0, 0.1) is 0 Å². The normalized spacial score (nSPS) is 14.5. The van der Waals surface area contributed by atoms with Crippen LogP contribution < -0.4 is 11.1 Å². The largest absolute Gasteiger partial charge is 0.366 e. The molecule has 0 aromatic carbocycles. The molecule has 1 amide bonds. The number of hydrogen-bond donors (Lipinski definition) is 2. The number of amides is 1. The van der Waals surface area contributed by atoms with Crippen LogP contribution in [0.4, 0.5) is 0 Å². The van der Waals surface area contributed by atoms with Crippen molar-refractivity contribution in [3.05, 3.63) is 21.9 Å². The number of primary amides is 1. The molecular weight excluding hydrogens is 256 g/mol. The summed E-state index contributed by atoms with van der Waals surface area (Å²) in [5, 5.41) is 5.10. The van der Waals surface area contributed by atoms with E-state index in [4.69, 9.17) is 5.73 Å². The Kier molecular flexibility index (Phi) is 5.80. The van der Waals surface area contributed by atoms with Crippen molar-refractivity contribution in [3.63, 3.8) is 0 Å².